The Kier molecular flexibility index (Phi) is 4.21. The predicted molar refractivity (Wildman–Crippen MR) is 75.1 cm³/mol. The van der Waals surface area contributed by atoms with E-state index in [0.717, 1.165) is 30.7 Å². The summed E-state index contributed by atoms with van der Waals surface area (Å²) in [5.41, 5.74) is 9.84. The van der Waals surface area contributed by atoms with Crippen molar-refractivity contribution in [3.8, 4) is 0 Å². The van der Waals surface area contributed by atoms with Crippen LogP contribution in [0.4, 0.5) is 5.69 Å². The highest BCUT2D eigenvalue weighted by molar-refractivity contribution is 9.10. The number of hydrogen-bond donors (Lipinski definition) is 2. The zero-order valence-electron chi connectivity index (χ0n) is 10.3. The number of nitrogens with two attached hydrogens (primary N) is 1. The molecule has 1 saturated heterocycles. The van der Waals surface area contributed by atoms with Crippen LogP contribution in [-0.4, -0.2) is 49.0 Å². The van der Waals surface area contributed by atoms with Gasteiger partial charge in [0.1, 0.15) is 0 Å². The second kappa shape index (κ2) is 5.69. The number of carbonyl (C=O) groups is 1. The molecule has 1 aromatic rings. The van der Waals surface area contributed by atoms with Crippen molar-refractivity contribution in [1.29, 1.82) is 0 Å². The molecular formula is C12H17BrN4O. The zero-order valence-corrected chi connectivity index (χ0v) is 11.9. The van der Waals surface area contributed by atoms with E-state index in [-0.39, 0.29) is 5.91 Å². The fourth-order valence-electron chi connectivity index (χ4n) is 1.79. The Bertz CT molecular complexity index is 444. The van der Waals surface area contributed by atoms with Crippen LogP contribution in [0, 0.1) is 0 Å². The van der Waals surface area contributed by atoms with Gasteiger partial charge in [0.05, 0.1) is 0 Å². The molecule has 1 aliphatic rings. The van der Waals surface area contributed by atoms with Gasteiger partial charge in [0, 0.05) is 41.9 Å². The number of hydrazine groups is 1. The Morgan fingerprint density at radius 1 is 1.33 bits per heavy atom. The van der Waals surface area contributed by atoms with Crippen LogP contribution in [0.3, 0.4) is 0 Å². The summed E-state index contributed by atoms with van der Waals surface area (Å²) in [5.74, 6) is -0.0970. The molecule has 0 aromatic heterocycles. The molecule has 1 fully saturated rings. The van der Waals surface area contributed by atoms with Gasteiger partial charge < -0.3 is 10.6 Å². The molecule has 0 spiro atoms. The predicted octanol–water partition coefficient (Wildman–Crippen LogP) is 0.923. The first-order valence-corrected chi connectivity index (χ1v) is 6.65. The van der Waals surface area contributed by atoms with Gasteiger partial charge in [0.25, 0.3) is 5.91 Å². The number of likely N-dealkylation sites (N-methyl/N-ethyl adjacent to an activating group) is 1. The minimum absolute atomic E-state index is 0.0970. The quantitative estimate of drug-likeness (QED) is 0.797. The number of nitrogen functional groups attached to an aromatic ring is 1. The first kappa shape index (κ1) is 13.3. The summed E-state index contributed by atoms with van der Waals surface area (Å²) in [4.78, 5) is 14.3. The van der Waals surface area contributed by atoms with Crippen molar-refractivity contribution in [3.05, 3.63) is 28.2 Å². The maximum atomic E-state index is 12.0. The highest BCUT2D eigenvalue weighted by Gasteiger charge is 2.16. The zero-order chi connectivity index (χ0) is 13.1. The molecule has 1 amide bonds. The number of piperazine rings is 1. The lowest BCUT2D eigenvalue weighted by atomic mass is 10.2. The largest absolute Gasteiger partial charge is 0.398 e. The summed E-state index contributed by atoms with van der Waals surface area (Å²) >= 11 is 3.32. The molecule has 0 unspecified atom stereocenters. The van der Waals surface area contributed by atoms with E-state index in [2.05, 4.69) is 33.3 Å². The van der Waals surface area contributed by atoms with Crippen LogP contribution in [-0.2, 0) is 0 Å². The number of halogens is 1. The van der Waals surface area contributed by atoms with Crippen molar-refractivity contribution >= 4 is 27.5 Å². The lowest BCUT2D eigenvalue weighted by Crippen LogP contribution is -2.52. The molecule has 0 bridgehead atoms. The van der Waals surface area contributed by atoms with E-state index in [4.69, 9.17) is 5.73 Å². The first-order valence-electron chi connectivity index (χ1n) is 5.86. The van der Waals surface area contributed by atoms with E-state index >= 15 is 0 Å². The van der Waals surface area contributed by atoms with Crippen LogP contribution in [0.25, 0.3) is 0 Å². The molecule has 1 aliphatic heterocycles. The van der Waals surface area contributed by atoms with Gasteiger partial charge in [0.15, 0.2) is 0 Å². The molecular weight excluding hydrogens is 296 g/mol. The van der Waals surface area contributed by atoms with Crippen LogP contribution in [0.5, 0.6) is 0 Å². The molecule has 5 nitrogen and oxygen atoms in total. The summed E-state index contributed by atoms with van der Waals surface area (Å²) in [6.07, 6.45) is 0. The SMILES string of the molecule is CN1CCN(NC(=O)c2ccc(N)c(Br)c2)CC1. The number of anilines is 1. The molecule has 1 heterocycles. The standard InChI is InChI=1S/C12H17BrN4O/c1-16-4-6-17(7-5-16)15-12(18)9-2-3-11(14)10(13)8-9/h2-3,8H,4-7,14H2,1H3,(H,15,18). The number of benzene rings is 1. The highest BCUT2D eigenvalue weighted by atomic mass is 79.9. The highest BCUT2D eigenvalue weighted by Crippen LogP contribution is 2.20. The van der Waals surface area contributed by atoms with Crippen LogP contribution in [0.1, 0.15) is 10.4 Å². The molecule has 6 heteroatoms. The Labute approximate surface area is 115 Å². The fourth-order valence-corrected chi connectivity index (χ4v) is 2.17. The van der Waals surface area contributed by atoms with E-state index in [1.165, 1.54) is 0 Å². The number of nitrogens with zero attached hydrogens (tertiary/aromatic N) is 2. The van der Waals surface area contributed by atoms with Crippen molar-refractivity contribution in [2.45, 2.75) is 0 Å². The third kappa shape index (κ3) is 3.22. The molecule has 0 saturated carbocycles. The second-order valence-corrected chi connectivity index (χ2v) is 5.32. The molecule has 3 N–H and O–H groups in total. The average molecular weight is 313 g/mol. The van der Waals surface area contributed by atoms with Crippen molar-refractivity contribution in [2.24, 2.45) is 0 Å². The van der Waals surface area contributed by atoms with Crippen molar-refractivity contribution < 1.29 is 4.79 Å². The van der Waals surface area contributed by atoms with Crippen molar-refractivity contribution in [1.82, 2.24) is 15.3 Å². The van der Waals surface area contributed by atoms with E-state index in [0.29, 0.717) is 11.3 Å². The number of hydrogen-bond acceptors (Lipinski definition) is 4. The Balaban J connectivity index is 1.97. The third-order valence-corrected chi connectivity index (χ3v) is 3.71. The smallest absolute Gasteiger partial charge is 0.265 e. The van der Waals surface area contributed by atoms with Gasteiger partial charge in [0.2, 0.25) is 0 Å². The van der Waals surface area contributed by atoms with Crippen molar-refractivity contribution in [2.75, 3.05) is 39.0 Å². The molecule has 0 aliphatic carbocycles. The summed E-state index contributed by atoms with van der Waals surface area (Å²) in [7, 11) is 2.08. The summed E-state index contributed by atoms with van der Waals surface area (Å²) in [5, 5.41) is 1.95. The van der Waals surface area contributed by atoms with Crippen LogP contribution >= 0.6 is 15.9 Å². The topological polar surface area (TPSA) is 61.6 Å². The molecule has 98 valence electrons. The van der Waals surface area contributed by atoms with Gasteiger partial charge in [-0.05, 0) is 41.2 Å². The molecule has 0 radical (unpaired) electrons. The summed E-state index contributed by atoms with van der Waals surface area (Å²) < 4.78 is 0.744. The number of carbonyl (C=O) groups excluding carboxylic acids is 1. The van der Waals surface area contributed by atoms with Gasteiger partial charge in [-0.2, -0.15) is 0 Å². The Morgan fingerprint density at radius 2 is 2.00 bits per heavy atom. The summed E-state index contributed by atoms with van der Waals surface area (Å²) in [6, 6.07) is 5.19. The summed E-state index contributed by atoms with van der Waals surface area (Å²) in [6.45, 7) is 3.62. The lowest BCUT2D eigenvalue weighted by Gasteiger charge is -2.32. The minimum atomic E-state index is -0.0970. The van der Waals surface area contributed by atoms with Gasteiger partial charge in [-0.3, -0.25) is 10.2 Å². The number of rotatable bonds is 2. The lowest BCUT2D eigenvalue weighted by molar-refractivity contribution is 0.0662. The van der Waals surface area contributed by atoms with E-state index in [9.17, 15) is 4.79 Å². The maximum Gasteiger partial charge on any atom is 0.265 e. The van der Waals surface area contributed by atoms with E-state index in [1.54, 1.807) is 18.2 Å². The third-order valence-electron chi connectivity index (χ3n) is 3.03. The molecule has 1 aromatic carbocycles. The first-order chi connectivity index (χ1) is 8.56. The Morgan fingerprint density at radius 3 is 2.61 bits per heavy atom. The van der Waals surface area contributed by atoms with Gasteiger partial charge in [-0.25, -0.2) is 5.01 Å². The average Bonchev–Trinajstić information content (AvgIpc) is 2.35. The van der Waals surface area contributed by atoms with Crippen LogP contribution < -0.4 is 11.2 Å². The Hall–Kier alpha value is -1.11. The number of nitrogens with one attached hydrogen (secondary N) is 1. The second-order valence-electron chi connectivity index (χ2n) is 4.47. The number of amides is 1. The maximum absolute atomic E-state index is 12.0. The van der Waals surface area contributed by atoms with Crippen LogP contribution in [0.15, 0.2) is 22.7 Å². The monoisotopic (exact) mass is 312 g/mol. The molecule has 18 heavy (non-hydrogen) atoms. The fraction of sp³-hybridized carbons (Fsp3) is 0.417. The van der Waals surface area contributed by atoms with Gasteiger partial charge in [-0.15, -0.1) is 0 Å². The molecule has 2 rings (SSSR count). The van der Waals surface area contributed by atoms with E-state index < -0.39 is 0 Å². The van der Waals surface area contributed by atoms with Crippen LogP contribution in [0.2, 0.25) is 0 Å². The normalized spacial score (nSPS) is 17.7. The van der Waals surface area contributed by atoms with Gasteiger partial charge in [-0.1, -0.05) is 0 Å². The van der Waals surface area contributed by atoms with E-state index in [1.807, 2.05) is 5.01 Å². The van der Waals surface area contributed by atoms with Crippen molar-refractivity contribution in [3.63, 3.8) is 0 Å². The molecule has 0 atom stereocenters. The van der Waals surface area contributed by atoms with Gasteiger partial charge >= 0.3 is 0 Å². The minimum Gasteiger partial charge on any atom is -0.398 e.